The molecule has 0 heterocycles. The van der Waals surface area contributed by atoms with Crippen LogP contribution in [0.2, 0.25) is 0 Å². The van der Waals surface area contributed by atoms with Gasteiger partial charge in [0.2, 0.25) is 0 Å². The van der Waals surface area contributed by atoms with Gasteiger partial charge in [-0.1, -0.05) is 15.9 Å². The maximum absolute atomic E-state index is 14.1. The van der Waals surface area contributed by atoms with Gasteiger partial charge in [-0.15, -0.1) is 0 Å². The lowest BCUT2D eigenvalue weighted by molar-refractivity contribution is -0.147. The summed E-state index contributed by atoms with van der Waals surface area (Å²) in [7, 11) is 2.65. The first-order chi connectivity index (χ1) is 9.31. The van der Waals surface area contributed by atoms with Gasteiger partial charge in [-0.3, -0.25) is 0 Å². The molecule has 1 rings (SSSR count). The number of halogens is 3. The van der Waals surface area contributed by atoms with Crippen LogP contribution in [0.1, 0.15) is 5.56 Å². The molecule has 0 aliphatic rings. The zero-order valence-electron chi connectivity index (χ0n) is 10.8. The second kappa shape index (κ2) is 6.85. The van der Waals surface area contributed by atoms with E-state index in [0.717, 1.165) is 0 Å². The Hall–Kier alpha value is -1.41. The van der Waals surface area contributed by atoms with Crippen molar-refractivity contribution in [2.75, 3.05) is 27.4 Å². The number of ether oxygens (including phenoxy) is 3. The summed E-state index contributed by atoms with van der Waals surface area (Å²) in [6.07, 6.45) is 0. The Kier molecular flexibility index (Phi) is 5.70. The first-order valence-corrected chi connectivity index (χ1v) is 6.20. The molecule has 0 bridgehead atoms. The molecule has 0 saturated heterocycles. The molecule has 0 aliphatic carbocycles. The SMILES string of the molecule is COc1cc(Br)c(C(F)(F)COCC(=O)O)c(OC)c1. The van der Waals surface area contributed by atoms with Crippen molar-refractivity contribution in [3.63, 3.8) is 0 Å². The summed E-state index contributed by atoms with van der Waals surface area (Å²) in [4.78, 5) is 10.3. The number of hydrogen-bond acceptors (Lipinski definition) is 4. The van der Waals surface area contributed by atoms with Crippen molar-refractivity contribution in [3.8, 4) is 11.5 Å². The maximum atomic E-state index is 14.1. The zero-order valence-corrected chi connectivity index (χ0v) is 12.4. The molecule has 8 heteroatoms. The Balaban J connectivity index is 3.06. The third-order valence-corrected chi connectivity index (χ3v) is 2.98. The number of benzene rings is 1. The largest absolute Gasteiger partial charge is 0.497 e. The van der Waals surface area contributed by atoms with Crippen molar-refractivity contribution in [2.45, 2.75) is 5.92 Å². The molecule has 5 nitrogen and oxygen atoms in total. The highest BCUT2D eigenvalue weighted by atomic mass is 79.9. The van der Waals surface area contributed by atoms with E-state index in [2.05, 4.69) is 20.7 Å². The Morgan fingerprint density at radius 2 is 2.00 bits per heavy atom. The van der Waals surface area contributed by atoms with Gasteiger partial charge in [0, 0.05) is 10.5 Å². The summed E-state index contributed by atoms with van der Waals surface area (Å²) in [5, 5.41) is 8.38. The Labute approximate surface area is 122 Å². The van der Waals surface area contributed by atoms with E-state index in [-0.39, 0.29) is 10.2 Å². The summed E-state index contributed by atoms with van der Waals surface area (Å²) in [5.74, 6) is -4.47. The summed E-state index contributed by atoms with van der Waals surface area (Å²) in [6, 6.07) is 2.67. The van der Waals surface area contributed by atoms with Crippen LogP contribution in [0.3, 0.4) is 0 Å². The number of carboxylic acids is 1. The van der Waals surface area contributed by atoms with E-state index in [1.807, 2.05) is 0 Å². The zero-order chi connectivity index (χ0) is 15.3. The van der Waals surface area contributed by atoms with Crippen LogP contribution in [0.15, 0.2) is 16.6 Å². The summed E-state index contributed by atoms with van der Waals surface area (Å²) in [5.41, 5.74) is -0.425. The topological polar surface area (TPSA) is 65.0 Å². The fourth-order valence-electron chi connectivity index (χ4n) is 1.53. The molecule has 0 saturated carbocycles. The number of methoxy groups -OCH3 is 2. The Morgan fingerprint density at radius 1 is 1.35 bits per heavy atom. The number of rotatable bonds is 7. The van der Waals surface area contributed by atoms with E-state index in [9.17, 15) is 13.6 Å². The standard InChI is InChI=1S/C12H13BrF2O5/c1-18-7-3-8(13)11(9(4-7)19-2)12(14,15)6-20-5-10(16)17/h3-4H,5-6H2,1-2H3,(H,16,17). The van der Waals surface area contributed by atoms with E-state index in [1.165, 1.54) is 26.4 Å². The van der Waals surface area contributed by atoms with Crippen LogP contribution in [0.25, 0.3) is 0 Å². The first-order valence-electron chi connectivity index (χ1n) is 5.41. The molecule has 0 amide bonds. The van der Waals surface area contributed by atoms with Gasteiger partial charge in [0.25, 0.3) is 0 Å². The average Bonchev–Trinajstić information content (AvgIpc) is 2.36. The second-order valence-corrected chi connectivity index (χ2v) is 4.63. The van der Waals surface area contributed by atoms with Gasteiger partial charge in [-0.2, -0.15) is 8.78 Å². The van der Waals surface area contributed by atoms with Crippen LogP contribution in [-0.4, -0.2) is 38.5 Å². The molecule has 1 aromatic carbocycles. The summed E-state index contributed by atoms with van der Waals surface area (Å²) < 4.78 is 42.6. The Bertz CT molecular complexity index is 493. The van der Waals surface area contributed by atoms with Crippen LogP contribution in [0.4, 0.5) is 8.78 Å². The predicted octanol–water partition coefficient (Wildman–Crippen LogP) is 2.66. The van der Waals surface area contributed by atoms with E-state index in [0.29, 0.717) is 5.75 Å². The number of hydrogen-bond donors (Lipinski definition) is 1. The lowest BCUT2D eigenvalue weighted by Crippen LogP contribution is -2.24. The molecule has 0 aromatic heterocycles. The van der Waals surface area contributed by atoms with Crippen LogP contribution in [-0.2, 0) is 15.5 Å². The third-order valence-electron chi connectivity index (χ3n) is 2.36. The summed E-state index contributed by atoms with van der Waals surface area (Å²) >= 11 is 3.02. The van der Waals surface area contributed by atoms with Gasteiger partial charge in [0.15, 0.2) is 0 Å². The highest BCUT2D eigenvalue weighted by Gasteiger charge is 2.38. The molecule has 0 spiro atoms. The van der Waals surface area contributed by atoms with Crippen molar-refractivity contribution in [3.05, 3.63) is 22.2 Å². The first kappa shape index (κ1) is 16.6. The van der Waals surface area contributed by atoms with E-state index >= 15 is 0 Å². The van der Waals surface area contributed by atoms with Crippen molar-refractivity contribution in [1.82, 2.24) is 0 Å². The molecular weight excluding hydrogens is 342 g/mol. The van der Waals surface area contributed by atoms with Gasteiger partial charge < -0.3 is 19.3 Å². The molecule has 0 fully saturated rings. The lowest BCUT2D eigenvalue weighted by Gasteiger charge is -2.21. The fourth-order valence-corrected chi connectivity index (χ4v) is 2.24. The molecule has 112 valence electrons. The van der Waals surface area contributed by atoms with Crippen LogP contribution >= 0.6 is 15.9 Å². The molecule has 1 N–H and O–H groups in total. The predicted molar refractivity (Wildman–Crippen MR) is 69.6 cm³/mol. The minimum Gasteiger partial charge on any atom is -0.497 e. The molecule has 0 radical (unpaired) electrons. The monoisotopic (exact) mass is 354 g/mol. The van der Waals surface area contributed by atoms with E-state index < -0.39 is 30.7 Å². The van der Waals surface area contributed by atoms with E-state index in [4.69, 9.17) is 14.6 Å². The van der Waals surface area contributed by atoms with Crippen LogP contribution in [0.5, 0.6) is 11.5 Å². The van der Waals surface area contributed by atoms with Crippen LogP contribution < -0.4 is 9.47 Å². The normalized spacial score (nSPS) is 11.2. The molecule has 0 aliphatic heterocycles. The molecule has 1 aromatic rings. The molecule has 0 atom stereocenters. The molecular formula is C12H13BrF2O5. The minimum absolute atomic E-state index is 0.0811. The van der Waals surface area contributed by atoms with E-state index in [1.54, 1.807) is 0 Å². The van der Waals surface area contributed by atoms with Crippen molar-refractivity contribution >= 4 is 21.9 Å². The minimum atomic E-state index is -3.41. The molecule has 20 heavy (non-hydrogen) atoms. The highest BCUT2D eigenvalue weighted by Crippen LogP contribution is 2.42. The average molecular weight is 355 g/mol. The number of carboxylic acid groups (broad SMARTS) is 1. The maximum Gasteiger partial charge on any atom is 0.329 e. The quantitative estimate of drug-likeness (QED) is 0.815. The summed E-state index contributed by atoms with van der Waals surface area (Å²) in [6.45, 7) is -1.87. The van der Waals surface area contributed by atoms with Gasteiger partial charge in [-0.05, 0) is 6.07 Å². The number of aliphatic carboxylic acids is 1. The second-order valence-electron chi connectivity index (χ2n) is 3.78. The number of carbonyl (C=O) groups is 1. The lowest BCUT2D eigenvalue weighted by atomic mass is 10.1. The van der Waals surface area contributed by atoms with Gasteiger partial charge >= 0.3 is 11.9 Å². The van der Waals surface area contributed by atoms with Crippen molar-refractivity contribution in [2.24, 2.45) is 0 Å². The van der Waals surface area contributed by atoms with Gasteiger partial charge in [0.05, 0.1) is 19.8 Å². The van der Waals surface area contributed by atoms with Gasteiger partial charge in [0.1, 0.15) is 24.7 Å². The van der Waals surface area contributed by atoms with Crippen molar-refractivity contribution < 1.29 is 32.9 Å². The van der Waals surface area contributed by atoms with Gasteiger partial charge in [-0.25, -0.2) is 4.79 Å². The molecule has 0 unspecified atom stereocenters. The fraction of sp³-hybridized carbons (Fsp3) is 0.417. The smallest absolute Gasteiger partial charge is 0.329 e. The van der Waals surface area contributed by atoms with Crippen molar-refractivity contribution in [1.29, 1.82) is 0 Å². The third kappa shape index (κ3) is 4.04. The number of alkyl halides is 2. The Morgan fingerprint density at radius 3 is 2.50 bits per heavy atom. The van der Waals surface area contributed by atoms with Crippen LogP contribution in [0, 0.1) is 0 Å². The highest BCUT2D eigenvalue weighted by molar-refractivity contribution is 9.10.